The summed E-state index contributed by atoms with van der Waals surface area (Å²) in [6.07, 6.45) is 6.97. The maximum Gasteiger partial charge on any atom is 0.121 e. The number of rotatable bonds is 6. The molecular weight excluding hydrogens is 276 g/mol. The summed E-state index contributed by atoms with van der Waals surface area (Å²) in [5, 5.41) is 8.04. The summed E-state index contributed by atoms with van der Waals surface area (Å²) in [5.41, 5.74) is 9.06. The molecular formula is C17H24N4O. The van der Waals surface area contributed by atoms with E-state index in [1.165, 1.54) is 31.4 Å². The lowest BCUT2D eigenvalue weighted by molar-refractivity contribution is 0.414. The van der Waals surface area contributed by atoms with Crippen LogP contribution in [0.25, 0.3) is 5.69 Å². The summed E-state index contributed by atoms with van der Waals surface area (Å²) in [5.74, 6) is 1.41. The maximum atomic E-state index is 5.63. The van der Waals surface area contributed by atoms with Crippen LogP contribution in [0, 0.1) is 0 Å². The van der Waals surface area contributed by atoms with E-state index in [1.54, 1.807) is 7.11 Å². The molecule has 0 atom stereocenters. The Labute approximate surface area is 131 Å². The molecule has 0 amide bonds. The number of hydrogen-bond donors (Lipinski definition) is 2. The topological polar surface area (TPSA) is 65.1 Å². The molecule has 0 saturated heterocycles. The van der Waals surface area contributed by atoms with E-state index in [2.05, 4.69) is 21.2 Å². The van der Waals surface area contributed by atoms with E-state index in [1.807, 2.05) is 24.4 Å². The van der Waals surface area contributed by atoms with Crippen LogP contribution in [0.1, 0.15) is 37.3 Å². The fourth-order valence-corrected chi connectivity index (χ4v) is 3.24. The van der Waals surface area contributed by atoms with Crippen LogP contribution < -0.4 is 15.8 Å². The van der Waals surface area contributed by atoms with E-state index >= 15 is 0 Å². The Balaban J connectivity index is 2.00. The van der Waals surface area contributed by atoms with Crippen molar-refractivity contribution >= 4 is 5.69 Å². The fraction of sp³-hybridized carbons (Fsp3) is 0.471. The number of benzene rings is 1. The van der Waals surface area contributed by atoms with Crippen molar-refractivity contribution in [3.63, 3.8) is 0 Å². The molecule has 1 aliphatic carbocycles. The molecule has 2 aromatic rings. The first-order valence-electron chi connectivity index (χ1n) is 7.99. The second kappa shape index (κ2) is 6.83. The van der Waals surface area contributed by atoms with Gasteiger partial charge >= 0.3 is 0 Å². The van der Waals surface area contributed by atoms with Crippen LogP contribution in [0.5, 0.6) is 5.75 Å². The van der Waals surface area contributed by atoms with Gasteiger partial charge in [-0.3, -0.25) is 0 Å². The summed E-state index contributed by atoms with van der Waals surface area (Å²) >= 11 is 0. The molecule has 0 unspecified atom stereocenters. The molecule has 3 N–H and O–H groups in total. The van der Waals surface area contributed by atoms with Gasteiger partial charge in [0.2, 0.25) is 0 Å². The molecule has 1 saturated carbocycles. The van der Waals surface area contributed by atoms with Crippen molar-refractivity contribution in [1.82, 2.24) is 9.78 Å². The average Bonchev–Trinajstić information content (AvgIpc) is 3.21. The quantitative estimate of drug-likeness (QED) is 0.861. The standard InChI is InChI=1S/C17H24N4O/c1-22-15-8-4-7-14(11-15)21-17(13-5-2-3-6-13)16(12-20-21)19-10-9-18/h4,7-8,11-13,19H,2-3,5-6,9-10,18H2,1H3. The van der Waals surface area contributed by atoms with Gasteiger partial charge in [-0.25, -0.2) is 4.68 Å². The Morgan fingerprint density at radius 1 is 1.36 bits per heavy atom. The van der Waals surface area contributed by atoms with Gasteiger partial charge in [0.1, 0.15) is 5.75 Å². The highest BCUT2D eigenvalue weighted by Gasteiger charge is 2.25. The van der Waals surface area contributed by atoms with Gasteiger partial charge < -0.3 is 15.8 Å². The second-order valence-electron chi connectivity index (χ2n) is 5.75. The zero-order valence-electron chi connectivity index (χ0n) is 13.1. The van der Waals surface area contributed by atoms with Gasteiger partial charge in [-0.05, 0) is 25.0 Å². The summed E-state index contributed by atoms with van der Waals surface area (Å²) in [6, 6.07) is 8.05. The molecule has 22 heavy (non-hydrogen) atoms. The van der Waals surface area contributed by atoms with Gasteiger partial charge in [0.05, 0.1) is 30.4 Å². The zero-order valence-corrected chi connectivity index (χ0v) is 13.1. The predicted octanol–water partition coefficient (Wildman–Crippen LogP) is 2.91. The van der Waals surface area contributed by atoms with Crippen molar-refractivity contribution in [3.05, 3.63) is 36.2 Å². The van der Waals surface area contributed by atoms with E-state index in [0.717, 1.165) is 23.7 Å². The third-order valence-electron chi connectivity index (χ3n) is 4.31. The molecule has 0 aliphatic heterocycles. The van der Waals surface area contributed by atoms with Crippen molar-refractivity contribution in [1.29, 1.82) is 0 Å². The molecule has 1 aromatic carbocycles. The van der Waals surface area contributed by atoms with Crippen molar-refractivity contribution in [2.75, 3.05) is 25.5 Å². The number of hydrogen-bond acceptors (Lipinski definition) is 4. The van der Waals surface area contributed by atoms with E-state index in [4.69, 9.17) is 10.5 Å². The van der Waals surface area contributed by atoms with Crippen LogP contribution in [-0.2, 0) is 0 Å². The molecule has 1 aliphatic rings. The first-order chi connectivity index (χ1) is 10.8. The number of methoxy groups -OCH3 is 1. The highest BCUT2D eigenvalue weighted by molar-refractivity contribution is 5.53. The van der Waals surface area contributed by atoms with Crippen molar-refractivity contribution in [2.24, 2.45) is 5.73 Å². The number of ether oxygens (including phenoxy) is 1. The number of anilines is 1. The summed E-state index contributed by atoms with van der Waals surface area (Å²) in [7, 11) is 1.69. The minimum Gasteiger partial charge on any atom is -0.497 e. The molecule has 1 heterocycles. The number of nitrogens with one attached hydrogen (secondary N) is 1. The maximum absolute atomic E-state index is 5.63. The van der Waals surface area contributed by atoms with Crippen LogP contribution in [0.4, 0.5) is 5.69 Å². The average molecular weight is 300 g/mol. The molecule has 3 rings (SSSR count). The number of aromatic nitrogens is 2. The lowest BCUT2D eigenvalue weighted by Crippen LogP contribution is -2.15. The summed E-state index contributed by atoms with van der Waals surface area (Å²) < 4.78 is 7.39. The third kappa shape index (κ3) is 2.95. The highest BCUT2D eigenvalue weighted by Crippen LogP contribution is 2.39. The lowest BCUT2D eigenvalue weighted by atomic mass is 10.0. The smallest absolute Gasteiger partial charge is 0.121 e. The van der Waals surface area contributed by atoms with Crippen molar-refractivity contribution in [2.45, 2.75) is 31.6 Å². The van der Waals surface area contributed by atoms with Crippen LogP contribution in [0.3, 0.4) is 0 Å². The van der Waals surface area contributed by atoms with Gasteiger partial charge in [0.15, 0.2) is 0 Å². The highest BCUT2D eigenvalue weighted by atomic mass is 16.5. The second-order valence-corrected chi connectivity index (χ2v) is 5.75. The van der Waals surface area contributed by atoms with E-state index < -0.39 is 0 Å². The van der Waals surface area contributed by atoms with E-state index in [-0.39, 0.29) is 0 Å². The fourth-order valence-electron chi connectivity index (χ4n) is 3.24. The van der Waals surface area contributed by atoms with E-state index in [9.17, 15) is 0 Å². The minimum absolute atomic E-state index is 0.564. The first-order valence-corrected chi connectivity index (χ1v) is 7.99. The van der Waals surface area contributed by atoms with Crippen LogP contribution in [0.2, 0.25) is 0 Å². The zero-order chi connectivity index (χ0) is 15.4. The normalized spacial score (nSPS) is 15.2. The Bertz CT molecular complexity index is 617. The van der Waals surface area contributed by atoms with Crippen LogP contribution in [-0.4, -0.2) is 30.0 Å². The molecule has 1 aromatic heterocycles. The molecule has 5 heteroatoms. The Morgan fingerprint density at radius 2 is 2.18 bits per heavy atom. The number of nitrogens with two attached hydrogens (primary N) is 1. The van der Waals surface area contributed by atoms with Gasteiger partial charge in [0, 0.05) is 25.1 Å². The molecule has 5 nitrogen and oxygen atoms in total. The molecule has 1 fully saturated rings. The minimum atomic E-state index is 0.564. The molecule has 118 valence electrons. The Hall–Kier alpha value is -2.01. The predicted molar refractivity (Wildman–Crippen MR) is 88.9 cm³/mol. The van der Waals surface area contributed by atoms with Gasteiger partial charge in [0.25, 0.3) is 0 Å². The van der Waals surface area contributed by atoms with Crippen molar-refractivity contribution < 1.29 is 4.74 Å². The Kier molecular flexibility index (Phi) is 4.63. The Morgan fingerprint density at radius 3 is 2.91 bits per heavy atom. The molecule has 0 radical (unpaired) electrons. The molecule has 0 bridgehead atoms. The van der Waals surface area contributed by atoms with Crippen molar-refractivity contribution in [3.8, 4) is 11.4 Å². The number of nitrogens with zero attached hydrogens (tertiary/aromatic N) is 2. The SMILES string of the molecule is COc1cccc(-n2ncc(NCCN)c2C2CCCC2)c1. The van der Waals surface area contributed by atoms with Gasteiger partial charge in [-0.2, -0.15) is 5.10 Å². The van der Waals surface area contributed by atoms with Crippen LogP contribution >= 0.6 is 0 Å². The van der Waals surface area contributed by atoms with Gasteiger partial charge in [-0.1, -0.05) is 18.9 Å². The first kappa shape index (κ1) is 14.9. The summed E-state index contributed by atoms with van der Waals surface area (Å²) in [4.78, 5) is 0. The van der Waals surface area contributed by atoms with Gasteiger partial charge in [-0.15, -0.1) is 0 Å². The lowest BCUT2D eigenvalue weighted by Gasteiger charge is -2.16. The van der Waals surface area contributed by atoms with E-state index in [0.29, 0.717) is 12.5 Å². The van der Waals surface area contributed by atoms with Crippen LogP contribution in [0.15, 0.2) is 30.5 Å². The summed E-state index contributed by atoms with van der Waals surface area (Å²) in [6.45, 7) is 1.39. The largest absolute Gasteiger partial charge is 0.497 e. The third-order valence-corrected chi connectivity index (χ3v) is 4.31. The monoisotopic (exact) mass is 300 g/mol. The molecule has 0 spiro atoms.